The van der Waals surface area contributed by atoms with Gasteiger partial charge in [-0.3, -0.25) is 4.72 Å². The monoisotopic (exact) mass is 527 g/mol. The van der Waals surface area contributed by atoms with Gasteiger partial charge in [-0.25, -0.2) is 22.8 Å². The number of hydrogen-bond donors (Lipinski definition) is 1. The van der Waals surface area contributed by atoms with Gasteiger partial charge >= 0.3 is 0 Å². The minimum Gasteiger partial charge on any atom is -0.496 e. The standard InChI is InChI=1S/C23H15ClFN5O3S2/c1-33-18-10-16(13-5-3-2-4-6-13)20(24)21(25)19(18)22-15-8-7-14(9-17(15)26-11-27-22)35(31,32)30-23-29-28-12-34-23/h2-12H,1H3,(H,29,30). The van der Waals surface area contributed by atoms with Crippen LogP contribution >= 0.6 is 22.9 Å². The molecule has 0 spiro atoms. The lowest BCUT2D eigenvalue weighted by Crippen LogP contribution is -2.13. The molecule has 2 aromatic heterocycles. The van der Waals surface area contributed by atoms with E-state index in [9.17, 15) is 8.42 Å². The molecule has 0 saturated heterocycles. The molecule has 5 aromatic rings. The van der Waals surface area contributed by atoms with Crippen LogP contribution in [0.2, 0.25) is 5.02 Å². The first-order valence-corrected chi connectivity index (χ1v) is 12.8. The van der Waals surface area contributed by atoms with E-state index in [4.69, 9.17) is 16.3 Å². The number of nitrogens with zero attached hydrogens (tertiary/aromatic N) is 4. The highest BCUT2D eigenvalue weighted by atomic mass is 35.5. The Labute approximate surface area is 208 Å². The van der Waals surface area contributed by atoms with Crippen molar-refractivity contribution < 1.29 is 17.5 Å². The molecule has 0 bridgehead atoms. The molecular formula is C23H15ClFN5O3S2. The van der Waals surface area contributed by atoms with Crippen LogP contribution in [0.4, 0.5) is 9.52 Å². The first-order valence-electron chi connectivity index (χ1n) is 10.0. The van der Waals surface area contributed by atoms with Gasteiger partial charge in [0.2, 0.25) is 5.13 Å². The summed E-state index contributed by atoms with van der Waals surface area (Å²) in [6.45, 7) is 0. The number of fused-ring (bicyclic) bond motifs is 1. The molecule has 2 heterocycles. The number of sulfonamides is 1. The fourth-order valence-corrected chi connectivity index (χ4v) is 5.58. The van der Waals surface area contributed by atoms with Crippen LogP contribution in [0.1, 0.15) is 0 Å². The van der Waals surface area contributed by atoms with E-state index in [0.717, 1.165) is 16.9 Å². The second kappa shape index (κ2) is 9.17. The molecule has 35 heavy (non-hydrogen) atoms. The van der Waals surface area contributed by atoms with E-state index in [1.54, 1.807) is 6.07 Å². The van der Waals surface area contributed by atoms with Crippen molar-refractivity contribution in [2.75, 3.05) is 11.8 Å². The number of hydrogen-bond acceptors (Lipinski definition) is 8. The Morgan fingerprint density at radius 2 is 1.89 bits per heavy atom. The van der Waals surface area contributed by atoms with Gasteiger partial charge in [-0.1, -0.05) is 53.3 Å². The summed E-state index contributed by atoms with van der Waals surface area (Å²) in [7, 11) is -2.51. The van der Waals surface area contributed by atoms with Crippen molar-refractivity contribution in [2.45, 2.75) is 4.90 Å². The summed E-state index contributed by atoms with van der Waals surface area (Å²) in [4.78, 5) is 8.41. The molecule has 0 atom stereocenters. The highest BCUT2D eigenvalue weighted by molar-refractivity contribution is 7.93. The molecule has 0 amide bonds. The summed E-state index contributed by atoms with van der Waals surface area (Å²) in [5.74, 6) is -0.486. The van der Waals surface area contributed by atoms with Crippen LogP contribution in [0, 0.1) is 5.82 Å². The van der Waals surface area contributed by atoms with E-state index in [1.165, 1.54) is 37.1 Å². The molecule has 0 saturated carbocycles. The van der Waals surface area contributed by atoms with Crippen LogP contribution in [-0.2, 0) is 10.0 Å². The Morgan fingerprint density at radius 3 is 2.60 bits per heavy atom. The van der Waals surface area contributed by atoms with Crippen LogP contribution in [0.5, 0.6) is 5.75 Å². The second-order valence-electron chi connectivity index (χ2n) is 7.25. The van der Waals surface area contributed by atoms with Crippen LogP contribution < -0.4 is 9.46 Å². The third kappa shape index (κ3) is 4.29. The third-order valence-corrected chi connectivity index (χ3v) is 7.65. The Balaban J connectivity index is 1.64. The molecule has 0 fully saturated rings. The quantitative estimate of drug-likeness (QED) is 0.314. The zero-order chi connectivity index (χ0) is 24.6. The van der Waals surface area contributed by atoms with Gasteiger partial charge in [0, 0.05) is 10.9 Å². The lowest BCUT2D eigenvalue weighted by atomic mass is 9.99. The normalized spacial score (nSPS) is 11.5. The molecule has 0 aliphatic rings. The van der Waals surface area contributed by atoms with E-state index < -0.39 is 15.8 Å². The molecule has 0 unspecified atom stereocenters. The summed E-state index contributed by atoms with van der Waals surface area (Å²) in [5, 5.41) is 7.78. The maximum atomic E-state index is 15.7. The van der Waals surface area contributed by atoms with Crippen LogP contribution in [0.3, 0.4) is 0 Å². The fourth-order valence-electron chi connectivity index (χ4n) is 3.61. The van der Waals surface area contributed by atoms with Crippen molar-refractivity contribution in [1.82, 2.24) is 20.2 Å². The molecule has 3 aromatic carbocycles. The molecule has 0 aliphatic heterocycles. The predicted molar refractivity (Wildman–Crippen MR) is 133 cm³/mol. The summed E-state index contributed by atoms with van der Waals surface area (Å²) in [6.07, 6.45) is 1.23. The van der Waals surface area contributed by atoms with Gasteiger partial charge in [0.25, 0.3) is 10.0 Å². The van der Waals surface area contributed by atoms with E-state index in [-0.39, 0.29) is 32.1 Å². The average molecular weight is 528 g/mol. The molecule has 176 valence electrons. The predicted octanol–water partition coefficient (Wildman–Crippen LogP) is 5.42. The highest BCUT2D eigenvalue weighted by Crippen LogP contribution is 2.43. The number of aromatic nitrogens is 4. The number of nitrogens with one attached hydrogen (secondary N) is 1. The SMILES string of the molecule is COc1cc(-c2ccccc2)c(Cl)c(F)c1-c1ncnc2cc(S(=O)(=O)Nc3nncs3)ccc12. The summed E-state index contributed by atoms with van der Waals surface area (Å²) in [6, 6.07) is 15.0. The fraction of sp³-hybridized carbons (Fsp3) is 0.0435. The summed E-state index contributed by atoms with van der Waals surface area (Å²) >= 11 is 7.49. The van der Waals surface area contributed by atoms with Crippen molar-refractivity contribution in [3.63, 3.8) is 0 Å². The Morgan fingerprint density at radius 1 is 1.09 bits per heavy atom. The molecule has 1 N–H and O–H groups in total. The number of rotatable bonds is 6. The summed E-state index contributed by atoms with van der Waals surface area (Å²) in [5.41, 5.74) is 3.17. The van der Waals surface area contributed by atoms with Gasteiger partial charge in [-0.2, -0.15) is 0 Å². The summed E-state index contributed by atoms with van der Waals surface area (Å²) < 4.78 is 49.1. The number of anilines is 1. The van der Waals surface area contributed by atoms with Crippen LogP contribution in [-0.4, -0.2) is 35.7 Å². The first kappa shape index (κ1) is 23.1. The largest absolute Gasteiger partial charge is 0.496 e. The number of methoxy groups -OCH3 is 1. The average Bonchev–Trinajstić information content (AvgIpc) is 3.38. The highest BCUT2D eigenvalue weighted by Gasteiger charge is 2.24. The van der Waals surface area contributed by atoms with Gasteiger partial charge < -0.3 is 4.74 Å². The van der Waals surface area contributed by atoms with E-state index in [2.05, 4.69) is 24.9 Å². The molecule has 5 rings (SSSR count). The third-order valence-electron chi connectivity index (χ3n) is 5.21. The van der Waals surface area contributed by atoms with Gasteiger partial charge in [0.15, 0.2) is 5.82 Å². The Bertz CT molecular complexity index is 1650. The minimum absolute atomic E-state index is 0.0465. The first-order chi connectivity index (χ1) is 16.9. The van der Waals surface area contributed by atoms with Crippen LogP contribution in [0.15, 0.2) is 71.3 Å². The van der Waals surface area contributed by atoms with Crippen LogP contribution in [0.25, 0.3) is 33.3 Å². The van der Waals surface area contributed by atoms with Gasteiger partial charge in [-0.15, -0.1) is 10.2 Å². The molecule has 0 radical (unpaired) electrons. The van der Waals surface area contributed by atoms with Crippen molar-refractivity contribution in [3.05, 3.63) is 77.3 Å². The number of benzene rings is 3. The smallest absolute Gasteiger partial charge is 0.263 e. The van der Waals surface area contributed by atoms with Gasteiger partial charge in [0.1, 0.15) is 17.6 Å². The molecule has 8 nitrogen and oxygen atoms in total. The topological polar surface area (TPSA) is 107 Å². The Hall–Kier alpha value is -3.67. The van der Waals surface area contributed by atoms with E-state index in [0.29, 0.717) is 16.5 Å². The number of ether oxygens (including phenoxy) is 1. The van der Waals surface area contributed by atoms with Crippen molar-refractivity contribution >= 4 is 49.0 Å². The van der Waals surface area contributed by atoms with E-state index >= 15 is 4.39 Å². The number of halogens is 2. The lowest BCUT2D eigenvalue weighted by molar-refractivity contribution is 0.413. The Kier molecular flexibility index (Phi) is 6.05. The van der Waals surface area contributed by atoms with Gasteiger partial charge in [0.05, 0.1) is 33.8 Å². The molecule has 0 aliphatic carbocycles. The molecule has 12 heteroatoms. The maximum absolute atomic E-state index is 15.7. The maximum Gasteiger partial charge on any atom is 0.263 e. The van der Waals surface area contributed by atoms with Gasteiger partial charge in [-0.05, 0) is 29.8 Å². The molecular weight excluding hydrogens is 513 g/mol. The minimum atomic E-state index is -3.94. The van der Waals surface area contributed by atoms with Crippen molar-refractivity contribution in [1.29, 1.82) is 0 Å². The lowest BCUT2D eigenvalue weighted by Gasteiger charge is -2.16. The van der Waals surface area contributed by atoms with Crippen molar-refractivity contribution in [3.8, 4) is 28.1 Å². The van der Waals surface area contributed by atoms with Crippen molar-refractivity contribution in [2.24, 2.45) is 0 Å². The van der Waals surface area contributed by atoms with E-state index in [1.807, 2.05) is 30.3 Å². The zero-order valence-electron chi connectivity index (χ0n) is 17.9. The second-order valence-corrected chi connectivity index (χ2v) is 10.1. The zero-order valence-corrected chi connectivity index (χ0v) is 20.3.